The molecule has 1 N–H and O–H groups in total. The molecule has 0 spiro atoms. The van der Waals surface area contributed by atoms with Crippen molar-refractivity contribution >= 4 is 27.3 Å². The lowest BCUT2D eigenvalue weighted by molar-refractivity contribution is 0.285. The Morgan fingerprint density at radius 2 is 2.18 bits per heavy atom. The molecule has 17 heavy (non-hydrogen) atoms. The normalized spacial score (nSPS) is 24.4. The van der Waals surface area contributed by atoms with Crippen LogP contribution in [0, 0.1) is 5.92 Å². The first-order valence-corrected chi connectivity index (χ1v) is 8.45. The van der Waals surface area contributed by atoms with Gasteiger partial charge in [-0.05, 0) is 65.7 Å². The maximum Gasteiger partial charge on any atom is 0.0704 e. The molecule has 0 radical (unpaired) electrons. The first kappa shape index (κ1) is 12.2. The first-order chi connectivity index (χ1) is 8.33. The van der Waals surface area contributed by atoms with E-state index in [0.717, 1.165) is 5.92 Å². The van der Waals surface area contributed by atoms with E-state index in [1.54, 1.807) is 10.4 Å². The minimum Gasteiger partial charge on any atom is -0.310 e. The zero-order valence-electron chi connectivity index (χ0n) is 10.2. The molecule has 1 nitrogen and oxygen atoms in total. The smallest absolute Gasteiger partial charge is 0.0704 e. The summed E-state index contributed by atoms with van der Waals surface area (Å²) in [6, 6.07) is 2.96. The summed E-state index contributed by atoms with van der Waals surface area (Å²) in [6.07, 6.45) is 9.75. The minimum atomic E-state index is 0.626. The van der Waals surface area contributed by atoms with E-state index in [0.29, 0.717) is 6.04 Å². The van der Waals surface area contributed by atoms with Crippen LogP contribution in [0.5, 0.6) is 0 Å². The van der Waals surface area contributed by atoms with Crippen molar-refractivity contribution in [3.05, 3.63) is 20.3 Å². The lowest BCUT2D eigenvalue weighted by atomic mass is 9.83. The summed E-state index contributed by atoms with van der Waals surface area (Å²) in [6.45, 7) is 1.21. The lowest BCUT2D eigenvalue weighted by Gasteiger charge is -2.28. The summed E-state index contributed by atoms with van der Waals surface area (Å²) in [5.41, 5.74) is 1.57. The fraction of sp³-hybridized carbons (Fsp3) is 0.714. The van der Waals surface area contributed by atoms with Gasteiger partial charge in [0.25, 0.3) is 0 Å². The van der Waals surface area contributed by atoms with Gasteiger partial charge in [0.05, 0.1) is 3.79 Å². The van der Waals surface area contributed by atoms with E-state index in [1.807, 2.05) is 11.3 Å². The molecule has 2 aliphatic carbocycles. The minimum absolute atomic E-state index is 0.626. The molecule has 1 heterocycles. The van der Waals surface area contributed by atoms with Gasteiger partial charge in [-0.15, -0.1) is 11.3 Å². The second-order valence-electron chi connectivity index (χ2n) is 5.41. The van der Waals surface area contributed by atoms with E-state index in [2.05, 4.69) is 27.3 Å². The largest absolute Gasteiger partial charge is 0.310 e. The van der Waals surface area contributed by atoms with Crippen molar-refractivity contribution in [2.24, 2.45) is 5.92 Å². The number of hydrogen-bond acceptors (Lipinski definition) is 2. The second-order valence-corrected chi connectivity index (χ2v) is 7.93. The van der Waals surface area contributed by atoms with Crippen molar-refractivity contribution in [2.75, 3.05) is 6.54 Å². The van der Waals surface area contributed by atoms with Gasteiger partial charge in [0.15, 0.2) is 0 Å². The summed E-state index contributed by atoms with van der Waals surface area (Å²) in [5, 5.41) is 3.78. The van der Waals surface area contributed by atoms with Gasteiger partial charge < -0.3 is 5.32 Å². The molecule has 1 fully saturated rings. The second kappa shape index (κ2) is 5.41. The molecule has 3 heteroatoms. The molecular weight excluding hydrogens is 294 g/mol. The molecule has 3 rings (SSSR count). The van der Waals surface area contributed by atoms with Crippen LogP contribution in [0.1, 0.15) is 55.0 Å². The van der Waals surface area contributed by atoms with Crippen molar-refractivity contribution < 1.29 is 0 Å². The highest BCUT2D eigenvalue weighted by molar-refractivity contribution is 9.11. The van der Waals surface area contributed by atoms with Crippen LogP contribution in [-0.2, 0) is 6.42 Å². The summed E-state index contributed by atoms with van der Waals surface area (Å²) in [4.78, 5) is 1.60. The van der Waals surface area contributed by atoms with Crippen LogP contribution in [0.25, 0.3) is 0 Å². The van der Waals surface area contributed by atoms with Gasteiger partial charge in [-0.1, -0.05) is 19.3 Å². The standard InChI is InChI=1S/C14H20BrNS/c15-14-9-11-12(5-2-6-13(11)17-14)16-8-7-10-3-1-4-10/h9-10,12,16H,1-8H2. The molecule has 1 aromatic rings. The van der Waals surface area contributed by atoms with Crippen molar-refractivity contribution in [1.82, 2.24) is 5.32 Å². The maximum atomic E-state index is 3.78. The zero-order chi connectivity index (χ0) is 11.7. The van der Waals surface area contributed by atoms with Crippen molar-refractivity contribution in [3.8, 4) is 0 Å². The molecular formula is C14H20BrNS. The highest BCUT2D eigenvalue weighted by Crippen LogP contribution is 2.38. The SMILES string of the molecule is Brc1cc2c(s1)CCCC2NCCC1CCC1. The summed E-state index contributed by atoms with van der Waals surface area (Å²) in [7, 11) is 0. The van der Waals surface area contributed by atoms with Gasteiger partial charge in [-0.3, -0.25) is 0 Å². The molecule has 2 aliphatic rings. The maximum absolute atomic E-state index is 3.78. The Morgan fingerprint density at radius 1 is 1.29 bits per heavy atom. The third-order valence-electron chi connectivity index (χ3n) is 4.25. The summed E-state index contributed by atoms with van der Waals surface area (Å²) < 4.78 is 1.30. The predicted molar refractivity (Wildman–Crippen MR) is 77.7 cm³/mol. The summed E-state index contributed by atoms with van der Waals surface area (Å²) in [5.74, 6) is 1.03. The predicted octanol–water partition coefficient (Wildman–Crippen LogP) is 4.67. The molecule has 0 bridgehead atoms. The Morgan fingerprint density at radius 3 is 2.94 bits per heavy atom. The average Bonchev–Trinajstić information content (AvgIpc) is 2.62. The average molecular weight is 314 g/mol. The van der Waals surface area contributed by atoms with E-state index >= 15 is 0 Å². The Labute approximate surface area is 116 Å². The molecule has 1 saturated carbocycles. The van der Waals surface area contributed by atoms with Gasteiger partial charge in [-0.2, -0.15) is 0 Å². The first-order valence-electron chi connectivity index (χ1n) is 6.84. The molecule has 0 saturated heterocycles. The van der Waals surface area contributed by atoms with Crippen molar-refractivity contribution in [3.63, 3.8) is 0 Å². The molecule has 0 amide bonds. The van der Waals surface area contributed by atoms with Crippen LogP contribution in [0.3, 0.4) is 0 Å². The van der Waals surface area contributed by atoms with E-state index in [1.165, 1.54) is 55.3 Å². The van der Waals surface area contributed by atoms with Gasteiger partial charge in [0, 0.05) is 10.9 Å². The van der Waals surface area contributed by atoms with Crippen LogP contribution in [-0.4, -0.2) is 6.54 Å². The van der Waals surface area contributed by atoms with E-state index in [9.17, 15) is 0 Å². The topological polar surface area (TPSA) is 12.0 Å². The van der Waals surface area contributed by atoms with Crippen LogP contribution in [0.4, 0.5) is 0 Å². The zero-order valence-corrected chi connectivity index (χ0v) is 12.6. The number of rotatable bonds is 4. The highest BCUT2D eigenvalue weighted by atomic mass is 79.9. The number of nitrogens with one attached hydrogen (secondary N) is 1. The third kappa shape index (κ3) is 2.77. The number of hydrogen-bond donors (Lipinski definition) is 1. The van der Waals surface area contributed by atoms with Gasteiger partial charge in [0.2, 0.25) is 0 Å². The fourth-order valence-electron chi connectivity index (χ4n) is 2.98. The Kier molecular flexibility index (Phi) is 3.88. The number of fused-ring (bicyclic) bond motifs is 1. The van der Waals surface area contributed by atoms with E-state index in [-0.39, 0.29) is 0 Å². The van der Waals surface area contributed by atoms with Crippen LogP contribution >= 0.6 is 27.3 Å². The molecule has 1 atom stereocenters. The highest BCUT2D eigenvalue weighted by Gasteiger charge is 2.23. The van der Waals surface area contributed by atoms with E-state index < -0.39 is 0 Å². The lowest BCUT2D eigenvalue weighted by Crippen LogP contribution is -2.27. The van der Waals surface area contributed by atoms with Gasteiger partial charge >= 0.3 is 0 Å². The van der Waals surface area contributed by atoms with Crippen LogP contribution < -0.4 is 5.32 Å². The van der Waals surface area contributed by atoms with Crippen LogP contribution in [0.15, 0.2) is 9.85 Å². The number of aryl methyl sites for hydroxylation is 1. The van der Waals surface area contributed by atoms with Crippen molar-refractivity contribution in [2.45, 2.75) is 51.0 Å². The molecule has 1 aromatic heterocycles. The van der Waals surface area contributed by atoms with Crippen molar-refractivity contribution in [1.29, 1.82) is 0 Å². The quantitative estimate of drug-likeness (QED) is 0.852. The Hall–Kier alpha value is 0.140. The summed E-state index contributed by atoms with van der Waals surface area (Å²) >= 11 is 5.55. The van der Waals surface area contributed by atoms with Crippen LogP contribution in [0.2, 0.25) is 0 Å². The molecule has 0 aromatic carbocycles. The number of halogens is 1. The molecule has 1 unspecified atom stereocenters. The molecule has 94 valence electrons. The Bertz CT molecular complexity index is 384. The Balaban J connectivity index is 1.56. The fourth-order valence-corrected chi connectivity index (χ4v) is 4.80. The number of thiophene rings is 1. The third-order valence-corrected chi connectivity index (χ3v) is 5.97. The molecule has 0 aliphatic heterocycles. The monoisotopic (exact) mass is 313 g/mol. The van der Waals surface area contributed by atoms with Gasteiger partial charge in [0.1, 0.15) is 0 Å². The van der Waals surface area contributed by atoms with E-state index in [4.69, 9.17) is 0 Å². The van der Waals surface area contributed by atoms with Gasteiger partial charge in [-0.25, -0.2) is 0 Å².